The van der Waals surface area contributed by atoms with E-state index >= 15 is 0 Å². The van der Waals surface area contributed by atoms with Gasteiger partial charge < -0.3 is 5.32 Å². The molecule has 0 bridgehead atoms. The van der Waals surface area contributed by atoms with Crippen molar-refractivity contribution in [3.63, 3.8) is 0 Å². The van der Waals surface area contributed by atoms with Gasteiger partial charge in [0.15, 0.2) is 0 Å². The molecule has 1 aromatic rings. The Morgan fingerprint density at radius 1 is 1.42 bits per heavy atom. The normalized spacial score (nSPS) is 29.4. The van der Waals surface area contributed by atoms with Crippen molar-refractivity contribution >= 4 is 17.2 Å². The van der Waals surface area contributed by atoms with Crippen LogP contribution in [0, 0.1) is 11.8 Å². The number of nitrogens with zero attached hydrogens (tertiary/aromatic N) is 1. The molecule has 1 amide bonds. The molecule has 1 heterocycles. The van der Waals surface area contributed by atoms with E-state index in [2.05, 4.69) is 17.2 Å². The van der Waals surface area contributed by atoms with Gasteiger partial charge >= 0.3 is 0 Å². The summed E-state index contributed by atoms with van der Waals surface area (Å²) in [5.41, 5.74) is 0.620. The second-order valence-corrected chi connectivity index (χ2v) is 6.83. The van der Waals surface area contributed by atoms with E-state index < -0.39 is 0 Å². The van der Waals surface area contributed by atoms with E-state index in [1.54, 1.807) is 11.3 Å². The molecule has 0 aliphatic heterocycles. The van der Waals surface area contributed by atoms with Crippen LogP contribution in [0.2, 0.25) is 0 Å². The second-order valence-electron chi connectivity index (χ2n) is 5.89. The second kappa shape index (κ2) is 5.61. The first-order valence-electron chi connectivity index (χ1n) is 7.53. The van der Waals surface area contributed by atoms with E-state index in [0.717, 1.165) is 36.1 Å². The number of hydrogen-bond donors (Lipinski definition) is 1. The van der Waals surface area contributed by atoms with Gasteiger partial charge in [0.2, 0.25) is 0 Å². The lowest BCUT2D eigenvalue weighted by Gasteiger charge is -2.19. The third-order valence-corrected chi connectivity index (χ3v) is 5.56. The Morgan fingerprint density at radius 2 is 2.32 bits per heavy atom. The number of amides is 1. The Morgan fingerprint density at radius 3 is 3.16 bits per heavy atom. The predicted molar refractivity (Wildman–Crippen MR) is 77.4 cm³/mol. The summed E-state index contributed by atoms with van der Waals surface area (Å²) < 4.78 is 0. The van der Waals surface area contributed by atoms with Gasteiger partial charge in [-0.2, -0.15) is 0 Å². The van der Waals surface area contributed by atoms with Gasteiger partial charge in [-0.05, 0) is 43.9 Å². The Labute approximate surface area is 118 Å². The zero-order valence-electron chi connectivity index (χ0n) is 11.5. The van der Waals surface area contributed by atoms with Gasteiger partial charge in [0.1, 0.15) is 5.69 Å². The minimum Gasteiger partial charge on any atom is -0.348 e. The highest BCUT2D eigenvalue weighted by atomic mass is 32.1. The molecule has 19 heavy (non-hydrogen) atoms. The van der Waals surface area contributed by atoms with Crippen LogP contribution < -0.4 is 5.32 Å². The van der Waals surface area contributed by atoms with Crippen molar-refractivity contribution < 1.29 is 4.79 Å². The highest BCUT2D eigenvalue weighted by Gasteiger charge is 2.39. The number of aryl methyl sites for hydroxylation is 1. The molecule has 0 spiro atoms. The summed E-state index contributed by atoms with van der Waals surface area (Å²) >= 11 is 1.61. The Balaban J connectivity index is 1.61. The Bertz CT molecular complexity index is 457. The van der Waals surface area contributed by atoms with Crippen LogP contribution in [0.1, 0.15) is 60.9 Å². The van der Waals surface area contributed by atoms with Crippen LogP contribution in [0.15, 0.2) is 5.38 Å². The fraction of sp³-hybridized carbons (Fsp3) is 0.733. The minimum atomic E-state index is 0.0381. The first-order chi connectivity index (χ1) is 9.28. The molecular formula is C15H22N2OS. The fourth-order valence-electron chi connectivity index (χ4n) is 3.73. The maximum Gasteiger partial charge on any atom is 0.270 e. The van der Waals surface area contributed by atoms with Gasteiger partial charge in [0.05, 0.1) is 5.01 Å². The van der Waals surface area contributed by atoms with Crippen molar-refractivity contribution in [3.8, 4) is 0 Å². The van der Waals surface area contributed by atoms with Crippen LogP contribution in [-0.2, 0) is 6.42 Å². The molecule has 0 unspecified atom stereocenters. The van der Waals surface area contributed by atoms with Crippen LogP contribution in [0.5, 0.6) is 0 Å². The van der Waals surface area contributed by atoms with Crippen molar-refractivity contribution in [2.45, 2.75) is 57.9 Å². The van der Waals surface area contributed by atoms with Gasteiger partial charge in [-0.25, -0.2) is 4.98 Å². The van der Waals surface area contributed by atoms with E-state index in [9.17, 15) is 4.79 Å². The zero-order valence-corrected chi connectivity index (χ0v) is 12.3. The van der Waals surface area contributed by atoms with Gasteiger partial charge in [-0.3, -0.25) is 4.79 Å². The minimum absolute atomic E-state index is 0.0381. The van der Waals surface area contributed by atoms with Crippen molar-refractivity contribution in [1.82, 2.24) is 10.3 Å². The van der Waals surface area contributed by atoms with E-state index in [1.165, 1.54) is 25.7 Å². The predicted octanol–water partition coefficient (Wildman–Crippen LogP) is 3.40. The van der Waals surface area contributed by atoms with Gasteiger partial charge in [-0.15, -0.1) is 11.3 Å². The molecule has 0 saturated heterocycles. The Hall–Kier alpha value is -0.900. The van der Waals surface area contributed by atoms with Crippen molar-refractivity contribution in [3.05, 3.63) is 16.1 Å². The average molecular weight is 278 g/mol. The van der Waals surface area contributed by atoms with Crippen molar-refractivity contribution in [2.75, 3.05) is 0 Å². The van der Waals surface area contributed by atoms with Crippen molar-refractivity contribution in [2.24, 2.45) is 11.8 Å². The van der Waals surface area contributed by atoms with Crippen LogP contribution in [0.25, 0.3) is 0 Å². The number of hydrogen-bond acceptors (Lipinski definition) is 3. The Kier molecular flexibility index (Phi) is 3.87. The monoisotopic (exact) mass is 278 g/mol. The topological polar surface area (TPSA) is 42.0 Å². The van der Waals surface area contributed by atoms with Crippen LogP contribution in [-0.4, -0.2) is 16.9 Å². The van der Waals surface area contributed by atoms with Crippen LogP contribution in [0.3, 0.4) is 0 Å². The fourth-order valence-corrected chi connectivity index (χ4v) is 4.61. The molecule has 0 radical (unpaired) electrons. The highest BCUT2D eigenvalue weighted by Crippen LogP contribution is 2.44. The molecule has 4 heteroatoms. The summed E-state index contributed by atoms with van der Waals surface area (Å²) in [6.07, 6.45) is 8.54. The van der Waals surface area contributed by atoms with E-state index in [0.29, 0.717) is 11.7 Å². The molecule has 1 N–H and O–H groups in total. The number of fused-ring (bicyclic) bond motifs is 1. The molecular weight excluding hydrogens is 256 g/mol. The maximum absolute atomic E-state index is 12.2. The van der Waals surface area contributed by atoms with Crippen LogP contribution >= 0.6 is 11.3 Å². The number of thiazole rings is 1. The number of rotatable bonds is 4. The molecule has 2 aliphatic carbocycles. The number of aromatic nitrogens is 1. The molecule has 3 nitrogen and oxygen atoms in total. The quantitative estimate of drug-likeness (QED) is 0.917. The standard InChI is InChI=1S/C15H22N2OS/c1-2-4-14-16-13(9-19-14)15(18)17-12-8-7-10-5-3-6-11(10)12/h9-12H,2-8H2,1H3,(H,17,18)/t10-,11-,12-/m0/s1. The van der Waals surface area contributed by atoms with Gasteiger partial charge in [0, 0.05) is 11.4 Å². The summed E-state index contributed by atoms with van der Waals surface area (Å²) in [6, 6.07) is 0.399. The molecule has 2 aliphatic rings. The maximum atomic E-state index is 12.2. The van der Waals surface area contributed by atoms with Gasteiger partial charge in [-0.1, -0.05) is 19.8 Å². The molecule has 2 fully saturated rings. The SMILES string of the molecule is CCCc1nc(C(=O)N[C@H]2CC[C@@H]3CCC[C@@H]32)cs1. The van der Waals surface area contributed by atoms with E-state index in [-0.39, 0.29) is 5.91 Å². The summed E-state index contributed by atoms with van der Waals surface area (Å²) in [4.78, 5) is 16.7. The summed E-state index contributed by atoms with van der Waals surface area (Å²) in [5.74, 6) is 1.64. The summed E-state index contributed by atoms with van der Waals surface area (Å²) in [7, 11) is 0. The zero-order chi connectivity index (χ0) is 13.2. The first kappa shape index (κ1) is 13.1. The average Bonchev–Trinajstić information content (AvgIpc) is 3.07. The third-order valence-electron chi connectivity index (χ3n) is 4.65. The smallest absolute Gasteiger partial charge is 0.270 e. The van der Waals surface area contributed by atoms with Gasteiger partial charge in [0.25, 0.3) is 5.91 Å². The molecule has 104 valence electrons. The largest absolute Gasteiger partial charge is 0.348 e. The lowest BCUT2D eigenvalue weighted by Crippen LogP contribution is -2.37. The third kappa shape index (κ3) is 2.69. The van der Waals surface area contributed by atoms with E-state index in [4.69, 9.17) is 0 Å². The lowest BCUT2D eigenvalue weighted by molar-refractivity contribution is 0.0922. The number of carbonyl (C=O) groups is 1. The molecule has 3 rings (SSSR count). The molecule has 2 saturated carbocycles. The highest BCUT2D eigenvalue weighted by molar-refractivity contribution is 7.09. The summed E-state index contributed by atoms with van der Waals surface area (Å²) in [5, 5.41) is 6.21. The lowest BCUT2D eigenvalue weighted by atomic mass is 9.97. The first-order valence-corrected chi connectivity index (χ1v) is 8.41. The molecule has 0 aromatic carbocycles. The van der Waals surface area contributed by atoms with Crippen molar-refractivity contribution in [1.29, 1.82) is 0 Å². The van der Waals surface area contributed by atoms with Crippen LogP contribution in [0.4, 0.5) is 0 Å². The summed E-state index contributed by atoms with van der Waals surface area (Å²) in [6.45, 7) is 2.14. The molecule has 1 aromatic heterocycles. The van der Waals surface area contributed by atoms with E-state index in [1.807, 2.05) is 5.38 Å². The number of carbonyl (C=O) groups excluding carboxylic acids is 1. The molecule has 3 atom stereocenters. The number of nitrogens with one attached hydrogen (secondary N) is 1.